The summed E-state index contributed by atoms with van der Waals surface area (Å²) in [5, 5.41) is 2.48. The molecule has 3 aromatic carbocycles. The van der Waals surface area contributed by atoms with Crippen LogP contribution in [0.3, 0.4) is 0 Å². The van der Waals surface area contributed by atoms with E-state index in [1.54, 1.807) is 0 Å². The van der Waals surface area contributed by atoms with Crippen LogP contribution < -0.4 is 4.90 Å². The summed E-state index contributed by atoms with van der Waals surface area (Å²) in [5.74, 6) is -0.391. The molecule has 0 bridgehead atoms. The first kappa shape index (κ1) is 19.1. The van der Waals surface area contributed by atoms with Crippen LogP contribution in [0.4, 0.5) is 5.69 Å². The van der Waals surface area contributed by atoms with Crippen molar-refractivity contribution in [3.05, 3.63) is 76.8 Å². The van der Waals surface area contributed by atoms with Gasteiger partial charge in [-0.1, -0.05) is 48.0 Å². The minimum Gasteiger partial charge on any atom is -0.368 e. The average molecular weight is 420 g/mol. The predicted molar refractivity (Wildman–Crippen MR) is 119 cm³/mol. The summed E-state index contributed by atoms with van der Waals surface area (Å²) < 4.78 is 0. The SMILES string of the molecule is O=C1c2cccc3cccc(c23)C(=O)N1CCN1CCN(c2ccccc2Cl)CC1. The molecular weight excluding hydrogens is 398 g/mol. The average Bonchev–Trinajstić information content (AvgIpc) is 2.78. The number of carbonyl (C=O) groups excluding carboxylic acids is 2. The molecule has 0 aromatic heterocycles. The van der Waals surface area contributed by atoms with Crippen LogP contribution in [0.15, 0.2) is 60.7 Å². The Kier molecular flexibility index (Phi) is 4.93. The van der Waals surface area contributed by atoms with Crippen LogP contribution in [0.1, 0.15) is 20.7 Å². The first-order valence-electron chi connectivity index (χ1n) is 10.2. The lowest BCUT2D eigenvalue weighted by Gasteiger charge is -2.37. The van der Waals surface area contributed by atoms with Crippen molar-refractivity contribution in [3.8, 4) is 0 Å². The van der Waals surface area contributed by atoms with Crippen LogP contribution in [0, 0.1) is 0 Å². The van der Waals surface area contributed by atoms with Gasteiger partial charge in [-0.3, -0.25) is 19.4 Å². The summed E-state index contributed by atoms with van der Waals surface area (Å²) in [6, 6.07) is 19.2. The largest absolute Gasteiger partial charge is 0.368 e. The van der Waals surface area contributed by atoms with Crippen molar-refractivity contribution in [2.24, 2.45) is 0 Å². The fourth-order valence-corrected chi connectivity index (χ4v) is 4.70. The highest BCUT2D eigenvalue weighted by molar-refractivity contribution is 6.33. The fraction of sp³-hybridized carbons (Fsp3) is 0.250. The quantitative estimate of drug-likeness (QED) is 0.601. The summed E-state index contributed by atoms with van der Waals surface area (Å²) in [4.78, 5) is 32.0. The summed E-state index contributed by atoms with van der Waals surface area (Å²) in [5.41, 5.74) is 2.29. The van der Waals surface area contributed by atoms with Crippen LogP contribution in [0.25, 0.3) is 10.8 Å². The Balaban J connectivity index is 1.26. The highest BCUT2D eigenvalue weighted by atomic mass is 35.5. The van der Waals surface area contributed by atoms with Crippen molar-refractivity contribution in [1.29, 1.82) is 0 Å². The summed E-state index contributed by atoms with van der Waals surface area (Å²) in [7, 11) is 0. The number of halogens is 1. The van der Waals surface area contributed by atoms with Crippen LogP contribution in [-0.4, -0.2) is 60.9 Å². The zero-order valence-corrected chi connectivity index (χ0v) is 17.3. The van der Waals surface area contributed by atoms with Crippen LogP contribution in [0.5, 0.6) is 0 Å². The highest BCUT2D eigenvalue weighted by Crippen LogP contribution is 2.30. The normalized spacial score (nSPS) is 17.1. The lowest BCUT2D eigenvalue weighted by molar-refractivity contribution is 0.0591. The fourth-order valence-electron chi connectivity index (χ4n) is 4.45. The number of para-hydroxylation sites is 1. The smallest absolute Gasteiger partial charge is 0.261 e. The van der Waals surface area contributed by atoms with E-state index in [2.05, 4.69) is 9.80 Å². The van der Waals surface area contributed by atoms with Gasteiger partial charge in [-0.15, -0.1) is 0 Å². The molecule has 5 nitrogen and oxygen atoms in total. The third-order valence-corrected chi connectivity index (χ3v) is 6.38. The summed E-state index contributed by atoms with van der Waals surface area (Å²) in [6.07, 6.45) is 0. The molecule has 30 heavy (non-hydrogen) atoms. The van der Waals surface area contributed by atoms with Crippen LogP contribution >= 0.6 is 11.6 Å². The second kappa shape index (κ2) is 7.74. The van der Waals surface area contributed by atoms with Gasteiger partial charge in [-0.2, -0.15) is 0 Å². The van der Waals surface area contributed by atoms with Gasteiger partial charge in [0.2, 0.25) is 0 Å². The zero-order valence-electron chi connectivity index (χ0n) is 16.6. The number of rotatable bonds is 4. The van der Waals surface area contributed by atoms with Gasteiger partial charge in [0.25, 0.3) is 11.8 Å². The number of carbonyl (C=O) groups is 2. The maximum atomic E-state index is 13.0. The maximum absolute atomic E-state index is 13.0. The van der Waals surface area contributed by atoms with E-state index in [0.29, 0.717) is 24.2 Å². The first-order valence-corrected chi connectivity index (χ1v) is 10.6. The maximum Gasteiger partial charge on any atom is 0.261 e. The Morgan fingerprint density at radius 1 is 0.733 bits per heavy atom. The van der Waals surface area contributed by atoms with Gasteiger partial charge in [0, 0.05) is 55.8 Å². The molecule has 0 radical (unpaired) electrons. The molecule has 1 saturated heterocycles. The van der Waals surface area contributed by atoms with Crippen LogP contribution in [0.2, 0.25) is 5.02 Å². The Morgan fingerprint density at radius 2 is 1.37 bits per heavy atom. The number of imide groups is 1. The molecule has 2 heterocycles. The molecule has 6 heteroatoms. The molecule has 0 atom stereocenters. The molecule has 0 aliphatic carbocycles. The number of amides is 2. The number of nitrogens with zero attached hydrogens (tertiary/aromatic N) is 3. The van der Waals surface area contributed by atoms with E-state index in [1.165, 1.54) is 4.90 Å². The lowest BCUT2D eigenvalue weighted by atomic mass is 9.94. The minimum absolute atomic E-state index is 0.195. The van der Waals surface area contributed by atoms with Gasteiger partial charge in [0.15, 0.2) is 0 Å². The van der Waals surface area contributed by atoms with Gasteiger partial charge in [-0.25, -0.2) is 0 Å². The van der Waals surface area contributed by atoms with Gasteiger partial charge in [0.1, 0.15) is 0 Å². The van der Waals surface area contributed by atoms with Crippen molar-refractivity contribution in [1.82, 2.24) is 9.80 Å². The number of benzene rings is 3. The van der Waals surface area contributed by atoms with E-state index >= 15 is 0 Å². The summed E-state index contributed by atoms with van der Waals surface area (Å²) >= 11 is 6.33. The molecule has 2 aliphatic heterocycles. The molecule has 3 aromatic rings. The van der Waals surface area contributed by atoms with Crippen LogP contribution in [-0.2, 0) is 0 Å². The third kappa shape index (κ3) is 3.24. The molecule has 0 spiro atoms. The summed E-state index contributed by atoms with van der Waals surface area (Å²) in [6.45, 7) is 4.54. The third-order valence-electron chi connectivity index (χ3n) is 6.06. The molecule has 0 N–H and O–H groups in total. The molecule has 0 unspecified atom stereocenters. The molecule has 2 aliphatic rings. The van der Waals surface area contributed by atoms with E-state index < -0.39 is 0 Å². The van der Waals surface area contributed by atoms with E-state index in [-0.39, 0.29) is 11.8 Å². The first-order chi connectivity index (χ1) is 14.6. The Bertz CT molecular complexity index is 1090. The number of anilines is 1. The van der Waals surface area contributed by atoms with E-state index in [1.807, 2.05) is 60.7 Å². The van der Waals surface area contributed by atoms with Crippen molar-refractivity contribution >= 4 is 39.9 Å². The molecule has 2 amide bonds. The second-order valence-electron chi connectivity index (χ2n) is 7.75. The molecule has 5 rings (SSSR count). The van der Waals surface area contributed by atoms with Gasteiger partial charge in [-0.05, 0) is 29.7 Å². The molecule has 152 valence electrons. The van der Waals surface area contributed by atoms with Crippen molar-refractivity contribution in [2.75, 3.05) is 44.2 Å². The Hall–Kier alpha value is -2.89. The highest BCUT2D eigenvalue weighted by Gasteiger charge is 2.32. The number of hydrogen-bond donors (Lipinski definition) is 0. The van der Waals surface area contributed by atoms with Crippen molar-refractivity contribution in [2.45, 2.75) is 0 Å². The zero-order chi connectivity index (χ0) is 20.7. The Labute approximate surface area is 180 Å². The van der Waals surface area contributed by atoms with Crippen molar-refractivity contribution < 1.29 is 9.59 Å². The van der Waals surface area contributed by atoms with Gasteiger partial charge in [0.05, 0.1) is 10.7 Å². The standard InChI is InChI=1S/C24H22ClN3O2/c25-20-9-1-2-10-21(20)27-14-11-26(12-15-27)13-16-28-23(29)18-7-3-5-17-6-4-8-19(22(17)18)24(28)30/h1-10H,11-16H2. The number of hydrogen-bond acceptors (Lipinski definition) is 4. The topological polar surface area (TPSA) is 43.9 Å². The Morgan fingerprint density at radius 3 is 2.00 bits per heavy atom. The van der Waals surface area contributed by atoms with E-state index in [9.17, 15) is 9.59 Å². The molecule has 1 fully saturated rings. The lowest BCUT2D eigenvalue weighted by Crippen LogP contribution is -2.50. The number of piperazine rings is 1. The van der Waals surface area contributed by atoms with E-state index in [0.717, 1.165) is 47.7 Å². The predicted octanol–water partition coefficient (Wildman–Crippen LogP) is 3.91. The van der Waals surface area contributed by atoms with Gasteiger partial charge >= 0.3 is 0 Å². The monoisotopic (exact) mass is 419 g/mol. The van der Waals surface area contributed by atoms with Crippen molar-refractivity contribution in [3.63, 3.8) is 0 Å². The molecular formula is C24H22ClN3O2. The second-order valence-corrected chi connectivity index (χ2v) is 8.16. The van der Waals surface area contributed by atoms with Gasteiger partial charge < -0.3 is 4.90 Å². The minimum atomic E-state index is -0.195. The molecule has 0 saturated carbocycles. The van der Waals surface area contributed by atoms with E-state index in [4.69, 9.17) is 11.6 Å².